The minimum atomic E-state index is -0.154. The molecule has 1 aliphatic heterocycles. The first kappa shape index (κ1) is 22.5. The minimum Gasteiger partial charge on any atom is -0.488 e. The number of benzene rings is 2. The number of hydrogen-bond donors (Lipinski definition) is 1. The van der Waals surface area contributed by atoms with Gasteiger partial charge in [0.05, 0.1) is 25.5 Å². The molecule has 170 valence electrons. The number of aromatic nitrogens is 1. The van der Waals surface area contributed by atoms with Crippen molar-refractivity contribution < 1.29 is 19.1 Å². The lowest BCUT2D eigenvalue weighted by atomic mass is 10.1. The highest BCUT2D eigenvalue weighted by Gasteiger charge is 2.19. The smallest absolute Gasteiger partial charge is 0.254 e. The van der Waals surface area contributed by atoms with Gasteiger partial charge in [0.25, 0.3) is 5.91 Å². The molecule has 4 rings (SSSR count). The molecular weight excluding hydrogens is 418 g/mol. The summed E-state index contributed by atoms with van der Waals surface area (Å²) in [6, 6.07) is 20.4. The third-order valence-electron chi connectivity index (χ3n) is 5.31. The van der Waals surface area contributed by atoms with Crippen LogP contribution in [0, 0.1) is 0 Å². The van der Waals surface area contributed by atoms with Gasteiger partial charge in [-0.25, -0.2) is 0 Å². The third-order valence-corrected chi connectivity index (χ3v) is 5.31. The highest BCUT2D eigenvalue weighted by molar-refractivity contribution is 5.95. The Bertz CT molecular complexity index is 1060. The van der Waals surface area contributed by atoms with E-state index in [9.17, 15) is 9.59 Å². The Labute approximate surface area is 193 Å². The van der Waals surface area contributed by atoms with Gasteiger partial charge in [0.2, 0.25) is 5.91 Å². The van der Waals surface area contributed by atoms with E-state index in [1.165, 1.54) is 6.92 Å². The minimum absolute atomic E-state index is 0.0959. The van der Waals surface area contributed by atoms with E-state index in [0.717, 1.165) is 30.0 Å². The number of amides is 2. The van der Waals surface area contributed by atoms with E-state index in [4.69, 9.17) is 9.47 Å². The summed E-state index contributed by atoms with van der Waals surface area (Å²) in [5.74, 6) is 0.530. The second kappa shape index (κ2) is 10.7. The standard InChI is InChI=1S/C26H27N3O4/c1-19(30)28-22-9-7-21(8-10-22)26(31)29(17-23-4-2-3-14-27-23)16-20-5-11-24(12-6-20)33-25-13-15-32-18-25/h2-12,14,25H,13,15-18H2,1H3,(H,28,30). The zero-order chi connectivity index (χ0) is 23.0. The molecular formula is C26H27N3O4. The molecule has 2 aromatic carbocycles. The van der Waals surface area contributed by atoms with E-state index in [1.54, 1.807) is 35.4 Å². The number of rotatable bonds is 8. The maximum atomic E-state index is 13.4. The van der Waals surface area contributed by atoms with Gasteiger partial charge < -0.3 is 19.7 Å². The summed E-state index contributed by atoms with van der Waals surface area (Å²) >= 11 is 0. The molecule has 2 heterocycles. The molecule has 1 fully saturated rings. The fraction of sp³-hybridized carbons (Fsp3) is 0.269. The van der Waals surface area contributed by atoms with Gasteiger partial charge in [-0.2, -0.15) is 0 Å². The lowest BCUT2D eigenvalue weighted by Crippen LogP contribution is -2.30. The van der Waals surface area contributed by atoms with Crippen LogP contribution >= 0.6 is 0 Å². The summed E-state index contributed by atoms with van der Waals surface area (Å²) < 4.78 is 11.3. The Morgan fingerprint density at radius 2 is 1.85 bits per heavy atom. The molecule has 7 nitrogen and oxygen atoms in total. The molecule has 1 aliphatic rings. The molecule has 1 N–H and O–H groups in total. The number of pyridine rings is 1. The van der Waals surface area contributed by atoms with Crippen molar-refractivity contribution in [3.05, 3.63) is 89.7 Å². The van der Waals surface area contributed by atoms with Crippen molar-refractivity contribution in [1.82, 2.24) is 9.88 Å². The number of nitrogens with zero attached hydrogens (tertiary/aromatic N) is 2. The maximum absolute atomic E-state index is 13.4. The maximum Gasteiger partial charge on any atom is 0.254 e. The summed E-state index contributed by atoms with van der Waals surface area (Å²) in [6.07, 6.45) is 2.71. The van der Waals surface area contributed by atoms with Crippen LogP contribution in [-0.2, 0) is 22.6 Å². The fourth-order valence-electron chi connectivity index (χ4n) is 3.66. The average molecular weight is 446 g/mol. The van der Waals surface area contributed by atoms with E-state index >= 15 is 0 Å². The van der Waals surface area contributed by atoms with Gasteiger partial charge in [0.15, 0.2) is 0 Å². The van der Waals surface area contributed by atoms with Gasteiger partial charge >= 0.3 is 0 Å². The number of ether oxygens (including phenoxy) is 2. The van der Waals surface area contributed by atoms with E-state index in [1.807, 2.05) is 42.5 Å². The lowest BCUT2D eigenvalue weighted by Gasteiger charge is -2.23. The van der Waals surface area contributed by atoms with Gasteiger partial charge in [-0.1, -0.05) is 18.2 Å². The molecule has 2 amide bonds. The molecule has 0 saturated carbocycles. The van der Waals surface area contributed by atoms with Crippen LogP contribution in [0.5, 0.6) is 5.75 Å². The highest BCUT2D eigenvalue weighted by Crippen LogP contribution is 2.20. The molecule has 1 unspecified atom stereocenters. The Kier molecular flexibility index (Phi) is 7.32. The van der Waals surface area contributed by atoms with E-state index < -0.39 is 0 Å². The summed E-state index contributed by atoms with van der Waals surface area (Å²) in [5, 5.41) is 2.72. The van der Waals surface area contributed by atoms with Crippen molar-refractivity contribution >= 4 is 17.5 Å². The van der Waals surface area contributed by atoms with Gasteiger partial charge in [-0.05, 0) is 54.1 Å². The number of anilines is 1. The first-order chi connectivity index (χ1) is 16.1. The Morgan fingerprint density at radius 3 is 2.48 bits per heavy atom. The van der Waals surface area contributed by atoms with Crippen molar-refractivity contribution in [2.24, 2.45) is 0 Å². The van der Waals surface area contributed by atoms with Crippen LogP contribution in [0.4, 0.5) is 5.69 Å². The van der Waals surface area contributed by atoms with Crippen LogP contribution in [0.3, 0.4) is 0 Å². The van der Waals surface area contributed by atoms with Crippen LogP contribution in [0.15, 0.2) is 72.9 Å². The molecule has 0 aliphatic carbocycles. The van der Waals surface area contributed by atoms with Crippen LogP contribution in [0.2, 0.25) is 0 Å². The summed E-state index contributed by atoms with van der Waals surface area (Å²) in [6.45, 7) is 3.61. The lowest BCUT2D eigenvalue weighted by molar-refractivity contribution is -0.114. The predicted octanol–water partition coefficient (Wildman–Crippen LogP) is 4.05. The third kappa shape index (κ3) is 6.40. The van der Waals surface area contributed by atoms with Crippen LogP contribution < -0.4 is 10.1 Å². The molecule has 0 spiro atoms. The molecule has 0 radical (unpaired) electrons. The summed E-state index contributed by atoms with van der Waals surface area (Å²) in [5.41, 5.74) is 2.99. The van der Waals surface area contributed by atoms with Crippen molar-refractivity contribution in [3.8, 4) is 5.75 Å². The van der Waals surface area contributed by atoms with E-state index in [2.05, 4.69) is 10.3 Å². The first-order valence-electron chi connectivity index (χ1n) is 11.0. The molecule has 7 heteroatoms. The summed E-state index contributed by atoms with van der Waals surface area (Å²) in [7, 11) is 0. The first-order valence-corrected chi connectivity index (χ1v) is 11.0. The van der Waals surface area contributed by atoms with Crippen LogP contribution in [-0.4, -0.2) is 41.0 Å². The van der Waals surface area contributed by atoms with Crippen molar-refractivity contribution in [2.75, 3.05) is 18.5 Å². The largest absolute Gasteiger partial charge is 0.488 e. The fourth-order valence-corrected chi connectivity index (χ4v) is 3.66. The SMILES string of the molecule is CC(=O)Nc1ccc(C(=O)N(Cc2ccc(OC3CCOC3)cc2)Cc2ccccn2)cc1. The average Bonchev–Trinajstić information content (AvgIpc) is 3.33. The highest BCUT2D eigenvalue weighted by atomic mass is 16.5. The zero-order valence-electron chi connectivity index (χ0n) is 18.6. The van der Waals surface area contributed by atoms with Crippen molar-refractivity contribution in [3.63, 3.8) is 0 Å². The summed E-state index contributed by atoms with van der Waals surface area (Å²) in [4.78, 5) is 30.8. The van der Waals surface area contributed by atoms with Crippen molar-refractivity contribution in [2.45, 2.75) is 32.5 Å². The predicted molar refractivity (Wildman–Crippen MR) is 125 cm³/mol. The van der Waals surface area contributed by atoms with E-state index in [-0.39, 0.29) is 17.9 Å². The second-order valence-corrected chi connectivity index (χ2v) is 7.99. The molecule has 0 bridgehead atoms. The monoisotopic (exact) mass is 445 g/mol. The Balaban J connectivity index is 1.49. The van der Waals surface area contributed by atoms with Gasteiger partial charge in [0.1, 0.15) is 11.9 Å². The quantitative estimate of drug-likeness (QED) is 0.566. The normalized spacial score (nSPS) is 15.1. The second-order valence-electron chi connectivity index (χ2n) is 7.99. The molecule has 1 atom stereocenters. The molecule has 1 saturated heterocycles. The van der Waals surface area contributed by atoms with Crippen LogP contribution in [0.1, 0.15) is 35.0 Å². The number of carbonyl (C=O) groups is 2. The Morgan fingerprint density at radius 1 is 1.06 bits per heavy atom. The topological polar surface area (TPSA) is 80.8 Å². The van der Waals surface area contributed by atoms with Gasteiger partial charge in [-0.15, -0.1) is 0 Å². The number of carbonyl (C=O) groups excluding carboxylic acids is 2. The molecule has 3 aromatic rings. The number of hydrogen-bond acceptors (Lipinski definition) is 5. The van der Waals surface area contributed by atoms with Crippen molar-refractivity contribution in [1.29, 1.82) is 0 Å². The van der Waals surface area contributed by atoms with Gasteiger partial charge in [-0.3, -0.25) is 14.6 Å². The molecule has 1 aromatic heterocycles. The van der Waals surface area contributed by atoms with E-state index in [0.29, 0.717) is 30.9 Å². The zero-order valence-corrected chi connectivity index (χ0v) is 18.6. The van der Waals surface area contributed by atoms with Crippen LogP contribution in [0.25, 0.3) is 0 Å². The van der Waals surface area contributed by atoms with Gasteiger partial charge in [0, 0.05) is 37.3 Å². The number of nitrogens with one attached hydrogen (secondary N) is 1. The Hall–Kier alpha value is -3.71. The molecule has 33 heavy (non-hydrogen) atoms.